The summed E-state index contributed by atoms with van der Waals surface area (Å²) in [7, 11) is 0. The topological polar surface area (TPSA) is 97.0 Å². The number of fused-ring (bicyclic) bond motifs is 1. The number of guanidine groups is 1. The Bertz CT molecular complexity index is 968. The number of nitrogens with zero attached hydrogens (tertiary/aromatic N) is 2. The number of benzene rings is 1. The third-order valence-electron chi connectivity index (χ3n) is 6.71. The normalized spacial score (nSPS) is 30.7. The first-order valence-corrected chi connectivity index (χ1v) is 11.0. The van der Waals surface area contributed by atoms with Crippen LogP contribution >= 0.6 is 0 Å². The lowest BCUT2D eigenvalue weighted by molar-refractivity contribution is -0.131. The number of nitrogens with two attached hydrogens (primary N) is 1. The number of amides is 2. The molecule has 7 nitrogen and oxygen atoms in total. The maximum absolute atomic E-state index is 13.2. The van der Waals surface area contributed by atoms with Gasteiger partial charge in [-0.05, 0) is 52.5 Å². The number of carbonyl (C=O) groups excluding carboxylic acids is 2. The highest BCUT2D eigenvalue weighted by Gasteiger charge is 2.57. The van der Waals surface area contributed by atoms with Gasteiger partial charge in [0.05, 0.1) is 18.0 Å². The third kappa shape index (κ3) is 4.27. The summed E-state index contributed by atoms with van der Waals surface area (Å²) in [5.74, 6) is 0.931. The molecule has 1 aliphatic carbocycles. The van der Waals surface area contributed by atoms with E-state index in [4.69, 9.17) is 10.5 Å². The molecule has 3 aliphatic rings. The molecule has 1 saturated carbocycles. The van der Waals surface area contributed by atoms with Crippen LogP contribution in [0.25, 0.3) is 0 Å². The van der Waals surface area contributed by atoms with Crippen LogP contribution in [0.2, 0.25) is 0 Å². The zero-order valence-corrected chi connectivity index (χ0v) is 19.4. The quantitative estimate of drug-likeness (QED) is 0.773. The standard InChI is InChI=1S/C24H34N4O3/c1-14-7-8-18-15(9-14)17(11-23(4,5)31-18)26-20(30)16-10-24(16,6)13-28-19(29)12-22(2,3)27-21(28)25/h7-9,16-17H,10-13H2,1-6H3,(H2,25,27)(H,26,30)/t16?,17-,24+/m0/s1. The first-order valence-electron chi connectivity index (χ1n) is 11.0. The smallest absolute Gasteiger partial charge is 0.231 e. The van der Waals surface area contributed by atoms with Crippen LogP contribution in [0.3, 0.4) is 0 Å². The summed E-state index contributed by atoms with van der Waals surface area (Å²) >= 11 is 0. The van der Waals surface area contributed by atoms with Crippen molar-refractivity contribution in [2.75, 3.05) is 6.54 Å². The predicted molar refractivity (Wildman–Crippen MR) is 120 cm³/mol. The first kappa shape index (κ1) is 21.7. The third-order valence-corrected chi connectivity index (χ3v) is 6.71. The van der Waals surface area contributed by atoms with Crippen LogP contribution in [-0.4, -0.2) is 40.4 Å². The molecule has 1 aromatic carbocycles. The van der Waals surface area contributed by atoms with E-state index in [0.717, 1.165) is 23.3 Å². The minimum absolute atomic E-state index is 0.0259. The van der Waals surface area contributed by atoms with E-state index in [9.17, 15) is 9.59 Å². The molecule has 0 radical (unpaired) electrons. The molecule has 1 aromatic rings. The van der Waals surface area contributed by atoms with Gasteiger partial charge in [0.2, 0.25) is 11.8 Å². The van der Waals surface area contributed by atoms with Crippen molar-refractivity contribution in [3.05, 3.63) is 29.3 Å². The van der Waals surface area contributed by atoms with E-state index in [2.05, 4.69) is 16.4 Å². The van der Waals surface area contributed by atoms with Crippen molar-refractivity contribution in [2.24, 2.45) is 22.1 Å². The van der Waals surface area contributed by atoms with Crippen LogP contribution in [0.5, 0.6) is 5.75 Å². The summed E-state index contributed by atoms with van der Waals surface area (Å²) in [6.07, 6.45) is 1.76. The Morgan fingerprint density at radius 3 is 2.65 bits per heavy atom. The van der Waals surface area contributed by atoms with E-state index in [1.54, 1.807) is 4.90 Å². The van der Waals surface area contributed by atoms with Crippen molar-refractivity contribution in [3.8, 4) is 5.75 Å². The number of ether oxygens (including phenoxy) is 1. The van der Waals surface area contributed by atoms with Gasteiger partial charge in [-0.15, -0.1) is 0 Å². The summed E-state index contributed by atoms with van der Waals surface area (Å²) < 4.78 is 6.12. The Morgan fingerprint density at radius 2 is 1.97 bits per heavy atom. The summed E-state index contributed by atoms with van der Waals surface area (Å²) in [5, 5.41) is 3.26. The van der Waals surface area contributed by atoms with Crippen LogP contribution in [-0.2, 0) is 9.59 Å². The summed E-state index contributed by atoms with van der Waals surface area (Å²) in [4.78, 5) is 31.8. The molecule has 31 heavy (non-hydrogen) atoms. The van der Waals surface area contributed by atoms with Crippen LogP contribution in [0, 0.1) is 18.3 Å². The van der Waals surface area contributed by atoms with Crippen LogP contribution in [0.15, 0.2) is 23.2 Å². The van der Waals surface area contributed by atoms with E-state index >= 15 is 0 Å². The molecule has 1 unspecified atom stereocenters. The summed E-state index contributed by atoms with van der Waals surface area (Å²) in [6, 6.07) is 6.00. The van der Waals surface area contributed by atoms with E-state index in [1.807, 2.05) is 53.7 Å². The molecule has 1 fully saturated rings. The lowest BCUT2D eigenvalue weighted by atomic mass is 9.88. The van der Waals surface area contributed by atoms with Gasteiger partial charge < -0.3 is 15.8 Å². The van der Waals surface area contributed by atoms with Gasteiger partial charge in [0.15, 0.2) is 5.96 Å². The van der Waals surface area contributed by atoms with Crippen molar-refractivity contribution >= 4 is 17.8 Å². The average molecular weight is 427 g/mol. The van der Waals surface area contributed by atoms with Gasteiger partial charge in [-0.25, -0.2) is 4.99 Å². The molecule has 0 aromatic heterocycles. The van der Waals surface area contributed by atoms with Crippen molar-refractivity contribution < 1.29 is 14.3 Å². The van der Waals surface area contributed by atoms with Crippen molar-refractivity contribution in [2.45, 2.75) is 78.0 Å². The van der Waals surface area contributed by atoms with Crippen LogP contribution in [0.4, 0.5) is 0 Å². The van der Waals surface area contributed by atoms with Gasteiger partial charge in [-0.3, -0.25) is 14.5 Å². The minimum atomic E-state index is -0.472. The van der Waals surface area contributed by atoms with Crippen molar-refractivity contribution in [1.82, 2.24) is 10.2 Å². The van der Waals surface area contributed by atoms with Gasteiger partial charge >= 0.3 is 0 Å². The van der Waals surface area contributed by atoms with E-state index < -0.39 is 5.54 Å². The number of rotatable bonds is 4. The maximum atomic E-state index is 13.2. The minimum Gasteiger partial charge on any atom is -0.487 e. The summed E-state index contributed by atoms with van der Waals surface area (Å²) in [6.45, 7) is 12.4. The largest absolute Gasteiger partial charge is 0.487 e. The Kier molecular flexibility index (Phi) is 4.87. The second-order valence-corrected chi connectivity index (χ2v) is 11.0. The molecule has 2 aliphatic heterocycles. The SMILES string of the molecule is Cc1ccc2c(c1)[C@@H](NC(=O)C1C[C@]1(C)CN1C(=O)CC(C)(C)N=C1N)CC(C)(C)O2. The Hall–Kier alpha value is -2.57. The molecule has 0 bridgehead atoms. The molecule has 168 valence electrons. The van der Waals surface area contributed by atoms with Crippen LogP contribution < -0.4 is 15.8 Å². The lowest BCUT2D eigenvalue weighted by Gasteiger charge is -2.38. The number of carbonyl (C=O) groups is 2. The molecule has 0 spiro atoms. The fourth-order valence-electron chi connectivity index (χ4n) is 4.90. The summed E-state index contributed by atoms with van der Waals surface area (Å²) in [5.41, 5.74) is 7.13. The second kappa shape index (κ2) is 6.97. The van der Waals surface area contributed by atoms with Crippen LogP contribution in [0.1, 0.15) is 71.0 Å². The fraction of sp³-hybridized carbons (Fsp3) is 0.625. The van der Waals surface area contributed by atoms with E-state index in [0.29, 0.717) is 19.4 Å². The predicted octanol–water partition coefficient (Wildman–Crippen LogP) is 3.07. The van der Waals surface area contributed by atoms with Crippen molar-refractivity contribution in [1.29, 1.82) is 0 Å². The molecule has 0 saturated heterocycles. The number of aliphatic imine (C=N–C) groups is 1. The fourth-order valence-corrected chi connectivity index (χ4v) is 4.90. The Balaban J connectivity index is 1.46. The first-order chi connectivity index (χ1) is 14.3. The molecule has 2 heterocycles. The van der Waals surface area contributed by atoms with E-state index in [-0.39, 0.29) is 40.7 Å². The number of nitrogens with one attached hydrogen (secondary N) is 1. The highest BCUT2D eigenvalue weighted by molar-refractivity contribution is 5.99. The molecule has 3 atom stereocenters. The van der Waals surface area contributed by atoms with Gasteiger partial charge in [-0.1, -0.05) is 24.6 Å². The second-order valence-electron chi connectivity index (χ2n) is 11.0. The molecular formula is C24H34N4O3. The molecular weight excluding hydrogens is 392 g/mol. The molecule has 3 N–H and O–H groups in total. The monoisotopic (exact) mass is 426 g/mol. The Morgan fingerprint density at radius 1 is 1.26 bits per heavy atom. The van der Waals surface area contributed by atoms with Gasteiger partial charge in [0.25, 0.3) is 0 Å². The highest BCUT2D eigenvalue weighted by atomic mass is 16.5. The Labute approximate surface area is 184 Å². The highest BCUT2D eigenvalue weighted by Crippen LogP contribution is 2.53. The molecule has 7 heteroatoms. The maximum Gasteiger partial charge on any atom is 0.231 e. The molecule has 4 rings (SSSR count). The van der Waals surface area contributed by atoms with Gasteiger partial charge in [-0.2, -0.15) is 0 Å². The zero-order chi connectivity index (χ0) is 22.8. The van der Waals surface area contributed by atoms with Gasteiger partial charge in [0, 0.05) is 24.4 Å². The average Bonchev–Trinajstić information content (AvgIpc) is 3.29. The number of aryl methyl sites for hydroxylation is 1. The van der Waals surface area contributed by atoms with Crippen molar-refractivity contribution in [3.63, 3.8) is 0 Å². The van der Waals surface area contributed by atoms with E-state index in [1.165, 1.54) is 0 Å². The number of hydrogen-bond donors (Lipinski definition) is 2. The lowest BCUT2D eigenvalue weighted by Crippen LogP contribution is -2.52. The van der Waals surface area contributed by atoms with Gasteiger partial charge in [0.1, 0.15) is 11.4 Å². The molecule has 2 amide bonds. The zero-order valence-electron chi connectivity index (χ0n) is 19.4. The number of hydrogen-bond acceptors (Lipinski definition) is 5.